The van der Waals surface area contributed by atoms with Gasteiger partial charge in [-0.25, -0.2) is 0 Å². The highest BCUT2D eigenvalue weighted by Crippen LogP contribution is 1.93. The number of carbonyl (C=O) groups is 1. The van der Waals surface area contributed by atoms with E-state index in [9.17, 15) is 4.79 Å². The predicted molar refractivity (Wildman–Crippen MR) is 32.1 cm³/mol. The highest BCUT2D eigenvalue weighted by molar-refractivity contribution is 5.66. The summed E-state index contributed by atoms with van der Waals surface area (Å²) in [7, 11) is 0. The van der Waals surface area contributed by atoms with Gasteiger partial charge in [0.25, 0.3) is 0 Å². The van der Waals surface area contributed by atoms with Gasteiger partial charge in [-0.1, -0.05) is 0 Å². The van der Waals surface area contributed by atoms with Crippen LogP contribution in [0.4, 0.5) is 5.95 Å². The van der Waals surface area contributed by atoms with Gasteiger partial charge in [0.05, 0.1) is 0 Å². The second-order valence-corrected chi connectivity index (χ2v) is 1.71. The predicted octanol–water partition coefficient (Wildman–Crippen LogP) is -1.06. The molecule has 0 aliphatic rings. The molecule has 6 heteroatoms. The van der Waals surface area contributed by atoms with Gasteiger partial charge in [0.1, 0.15) is 12.9 Å². The van der Waals surface area contributed by atoms with E-state index in [1.165, 1.54) is 10.9 Å². The molecule has 0 fully saturated rings. The zero-order valence-electron chi connectivity index (χ0n) is 5.06. The van der Waals surface area contributed by atoms with Crippen molar-refractivity contribution in [2.45, 2.75) is 6.54 Å². The molecule has 0 amide bonds. The molecular weight excluding hydrogens is 136 g/mol. The van der Waals surface area contributed by atoms with Gasteiger partial charge < -0.3 is 10.8 Å². The Balaban J connectivity index is 2.74. The van der Waals surface area contributed by atoms with E-state index in [1.807, 2.05) is 0 Å². The number of hydrogen-bond acceptors (Lipinski definition) is 4. The number of carboxylic acids is 1. The van der Waals surface area contributed by atoms with Crippen LogP contribution in [0.1, 0.15) is 0 Å². The van der Waals surface area contributed by atoms with E-state index in [0.717, 1.165) is 0 Å². The van der Waals surface area contributed by atoms with Gasteiger partial charge in [0, 0.05) is 0 Å². The molecule has 1 aromatic rings. The number of aliphatic carboxylic acids is 1. The van der Waals surface area contributed by atoms with Crippen LogP contribution in [0.15, 0.2) is 6.33 Å². The van der Waals surface area contributed by atoms with Gasteiger partial charge in [-0.2, -0.15) is 0 Å². The van der Waals surface area contributed by atoms with Crippen LogP contribution in [0.2, 0.25) is 0 Å². The molecule has 0 atom stereocenters. The number of nitrogen functional groups attached to an aromatic ring is 1. The molecule has 0 spiro atoms. The fourth-order valence-corrected chi connectivity index (χ4v) is 0.531. The molecule has 0 radical (unpaired) electrons. The van der Waals surface area contributed by atoms with Crippen LogP contribution >= 0.6 is 0 Å². The summed E-state index contributed by atoms with van der Waals surface area (Å²) in [6, 6.07) is 0. The van der Waals surface area contributed by atoms with Gasteiger partial charge in [0.2, 0.25) is 5.95 Å². The molecule has 1 heterocycles. The number of carboxylic acid groups (broad SMARTS) is 1. The summed E-state index contributed by atoms with van der Waals surface area (Å²) in [6.07, 6.45) is 1.27. The Morgan fingerprint density at radius 2 is 2.60 bits per heavy atom. The Hall–Kier alpha value is -1.59. The Kier molecular flexibility index (Phi) is 1.53. The minimum atomic E-state index is -0.966. The molecular formula is C4H6N4O2. The molecule has 3 N–H and O–H groups in total. The van der Waals surface area contributed by atoms with Gasteiger partial charge in [0.15, 0.2) is 0 Å². The van der Waals surface area contributed by atoms with E-state index < -0.39 is 5.97 Å². The van der Waals surface area contributed by atoms with Crippen molar-refractivity contribution in [1.29, 1.82) is 0 Å². The lowest BCUT2D eigenvalue weighted by Gasteiger charge is -1.95. The second kappa shape index (κ2) is 2.34. The maximum absolute atomic E-state index is 10.1. The van der Waals surface area contributed by atoms with E-state index >= 15 is 0 Å². The van der Waals surface area contributed by atoms with Crippen molar-refractivity contribution in [3.8, 4) is 0 Å². The van der Waals surface area contributed by atoms with Gasteiger partial charge in [-0.15, -0.1) is 10.2 Å². The summed E-state index contributed by atoms with van der Waals surface area (Å²) in [5.74, 6) is -0.853. The summed E-state index contributed by atoms with van der Waals surface area (Å²) in [5, 5.41) is 15.1. The van der Waals surface area contributed by atoms with Crippen molar-refractivity contribution < 1.29 is 9.90 Å². The number of rotatable bonds is 2. The van der Waals surface area contributed by atoms with Crippen molar-refractivity contribution in [1.82, 2.24) is 14.8 Å². The molecule has 0 aliphatic heterocycles. The normalized spacial score (nSPS) is 9.60. The summed E-state index contributed by atoms with van der Waals surface area (Å²) in [5.41, 5.74) is 5.21. The number of nitrogens with two attached hydrogens (primary N) is 1. The third kappa shape index (κ3) is 1.22. The second-order valence-electron chi connectivity index (χ2n) is 1.71. The molecule has 1 aromatic heterocycles. The Morgan fingerprint density at radius 1 is 1.90 bits per heavy atom. The Morgan fingerprint density at radius 3 is 3.00 bits per heavy atom. The SMILES string of the molecule is Nc1nncn1CC(=O)O. The Labute approximate surface area is 56.3 Å². The Bertz CT molecular complexity index is 243. The smallest absolute Gasteiger partial charge is 0.323 e. The monoisotopic (exact) mass is 142 g/mol. The van der Waals surface area contributed by atoms with E-state index in [2.05, 4.69) is 10.2 Å². The zero-order chi connectivity index (χ0) is 7.56. The van der Waals surface area contributed by atoms with Crippen LogP contribution in [-0.2, 0) is 11.3 Å². The standard InChI is InChI=1S/C4H6N4O2/c5-4-7-6-2-8(4)1-3(9)10/h2H,1H2,(H2,5,7)(H,9,10). The minimum absolute atomic E-state index is 0.113. The van der Waals surface area contributed by atoms with Crippen LogP contribution in [-0.4, -0.2) is 25.8 Å². The topological polar surface area (TPSA) is 94.0 Å². The molecule has 0 aliphatic carbocycles. The van der Waals surface area contributed by atoms with E-state index in [0.29, 0.717) is 0 Å². The maximum Gasteiger partial charge on any atom is 0.323 e. The van der Waals surface area contributed by atoms with Crippen LogP contribution in [0, 0.1) is 0 Å². The molecule has 0 saturated carbocycles. The maximum atomic E-state index is 10.1. The number of nitrogens with zero attached hydrogens (tertiary/aromatic N) is 3. The lowest BCUT2D eigenvalue weighted by atomic mass is 10.6. The van der Waals surface area contributed by atoms with E-state index in [1.54, 1.807) is 0 Å². The lowest BCUT2D eigenvalue weighted by molar-refractivity contribution is -0.137. The summed E-state index contributed by atoms with van der Waals surface area (Å²) in [6.45, 7) is -0.196. The third-order valence-corrected chi connectivity index (χ3v) is 0.951. The van der Waals surface area contributed by atoms with Crippen molar-refractivity contribution in [3.05, 3.63) is 6.33 Å². The fourth-order valence-electron chi connectivity index (χ4n) is 0.531. The molecule has 0 aromatic carbocycles. The summed E-state index contributed by atoms with van der Waals surface area (Å²) < 4.78 is 1.24. The van der Waals surface area contributed by atoms with Crippen LogP contribution in [0.25, 0.3) is 0 Å². The van der Waals surface area contributed by atoms with Gasteiger partial charge in [-0.3, -0.25) is 9.36 Å². The van der Waals surface area contributed by atoms with Gasteiger partial charge >= 0.3 is 5.97 Å². The third-order valence-electron chi connectivity index (χ3n) is 0.951. The first-order valence-electron chi connectivity index (χ1n) is 2.55. The molecule has 54 valence electrons. The van der Waals surface area contributed by atoms with Crippen LogP contribution < -0.4 is 5.73 Å². The molecule has 10 heavy (non-hydrogen) atoms. The quantitative estimate of drug-likeness (QED) is 0.549. The van der Waals surface area contributed by atoms with E-state index in [4.69, 9.17) is 10.8 Å². The van der Waals surface area contributed by atoms with Crippen molar-refractivity contribution >= 4 is 11.9 Å². The van der Waals surface area contributed by atoms with Crippen molar-refractivity contribution in [3.63, 3.8) is 0 Å². The fraction of sp³-hybridized carbons (Fsp3) is 0.250. The average Bonchev–Trinajstić information content (AvgIpc) is 2.15. The van der Waals surface area contributed by atoms with E-state index in [-0.39, 0.29) is 12.5 Å². The molecule has 6 nitrogen and oxygen atoms in total. The first-order valence-corrected chi connectivity index (χ1v) is 2.55. The van der Waals surface area contributed by atoms with Crippen molar-refractivity contribution in [2.24, 2.45) is 0 Å². The molecule has 1 rings (SSSR count). The zero-order valence-corrected chi connectivity index (χ0v) is 5.06. The first kappa shape index (κ1) is 6.53. The summed E-state index contributed by atoms with van der Waals surface area (Å²) >= 11 is 0. The minimum Gasteiger partial charge on any atom is -0.480 e. The van der Waals surface area contributed by atoms with Crippen LogP contribution in [0.3, 0.4) is 0 Å². The number of anilines is 1. The van der Waals surface area contributed by atoms with Crippen LogP contribution in [0.5, 0.6) is 0 Å². The van der Waals surface area contributed by atoms with Gasteiger partial charge in [-0.05, 0) is 0 Å². The largest absolute Gasteiger partial charge is 0.480 e. The first-order chi connectivity index (χ1) is 4.70. The summed E-state index contributed by atoms with van der Waals surface area (Å²) in [4.78, 5) is 10.1. The molecule has 0 saturated heterocycles. The number of aromatic nitrogens is 3. The molecule has 0 unspecified atom stereocenters. The highest BCUT2D eigenvalue weighted by Gasteiger charge is 2.02. The number of hydrogen-bond donors (Lipinski definition) is 2. The highest BCUT2D eigenvalue weighted by atomic mass is 16.4. The average molecular weight is 142 g/mol. The molecule has 0 bridgehead atoms. The van der Waals surface area contributed by atoms with Crippen molar-refractivity contribution in [2.75, 3.05) is 5.73 Å². The lowest BCUT2D eigenvalue weighted by Crippen LogP contribution is -2.10.